The predicted molar refractivity (Wildman–Crippen MR) is 68.8 cm³/mol. The third-order valence-electron chi connectivity index (χ3n) is 2.39. The van der Waals surface area contributed by atoms with Crippen LogP contribution in [0.2, 0.25) is 5.02 Å². The number of anilines is 1. The van der Waals surface area contributed by atoms with E-state index in [1.807, 2.05) is 12.1 Å². The van der Waals surface area contributed by atoms with Gasteiger partial charge < -0.3 is 5.32 Å². The van der Waals surface area contributed by atoms with Crippen molar-refractivity contribution in [3.63, 3.8) is 0 Å². The van der Waals surface area contributed by atoms with Crippen LogP contribution in [0.25, 0.3) is 0 Å². The Morgan fingerprint density at radius 2 is 1.88 bits per heavy atom. The summed E-state index contributed by atoms with van der Waals surface area (Å²) in [5.41, 5.74) is 0.810. The molecule has 1 rings (SSSR count). The van der Waals surface area contributed by atoms with Crippen molar-refractivity contribution in [2.24, 2.45) is 0 Å². The Hall–Kier alpha value is -1.02. The summed E-state index contributed by atoms with van der Waals surface area (Å²) < 4.78 is 0. The largest absolute Gasteiger partial charge is 0.326 e. The molecule has 0 aliphatic heterocycles. The highest BCUT2D eigenvalue weighted by Crippen LogP contribution is 2.14. The summed E-state index contributed by atoms with van der Waals surface area (Å²) >= 11 is 5.75. The zero-order valence-electron chi connectivity index (χ0n) is 9.63. The van der Waals surface area contributed by atoms with E-state index in [0.29, 0.717) is 11.4 Å². The van der Waals surface area contributed by atoms with Gasteiger partial charge in [-0.2, -0.15) is 0 Å². The highest BCUT2D eigenvalue weighted by Gasteiger charge is 2.01. The number of nitrogens with one attached hydrogen (secondary N) is 1. The van der Waals surface area contributed by atoms with Crippen LogP contribution in [0, 0.1) is 0 Å². The van der Waals surface area contributed by atoms with E-state index in [0.717, 1.165) is 18.5 Å². The van der Waals surface area contributed by atoms with E-state index < -0.39 is 0 Å². The molecule has 1 aromatic carbocycles. The molecule has 2 nitrogen and oxygen atoms in total. The van der Waals surface area contributed by atoms with E-state index in [1.165, 1.54) is 12.8 Å². The van der Waals surface area contributed by atoms with Crippen molar-refractivity contribution in [1.29, 1.82) is 0 Å². The van der Waals surface area contributed by atoms with Crippen molar-refractivity contribution in [2.45, 2.75) is 39.0 Å². The minimum atomic E-state index is 0.0819. The van der Waals surface area contributed by atoms with Crippen LogP contribution < -0.4 is 5.32 Å². The lowest BCUT2D eigenvalue weighted by molar-refractivity contribution is -0.116. The smallest absolute Gasteiger partial charge is 0.224 e. The number of halogens is 1. The standard InChI is InChI=1S/C13H18ClNO/c1-2-3-4-5-6-13(16)15-12-9-7-11(14)8-10-12/h7-10H,2-6H2,1H3,(H,15,16). The number of hydrogen-bond acceptors (Lipinski definition) is 1. The summed E-state index contributed by atoms with van der Waals surface area (Å²) in [7, 11) is 0. The molecule has 0 fully saturated rings. The van der Waals surface area contributed by atoms with Crippen LogP contribution in [0.4, 0.5) is 5.69 Å². The van der Waals surface area contributed by atoms with Gasteiger partial charge >= 0.3 is 0 Å². The Labute approximate surface area is 102 Å². The van der Waals surface area contributed by atoms with E-state index in [9.17, 15) is 4.79 Å². The van der Waals surface area contributed by atoms with Gasteiger partial charge in [0.1, 0.15) is 0 Å². The van der Waals surface area contributed by atoms with Gasteiger partial charge in [0.25, 0.3) is 0 Å². The molecule has 0 radical (unpaired) electrons. The highest BCUT2D eigenvalue weighted by molar-refractivity contribution is 6.30. The molecular formula is C13H18ClNO. The van der Waals surface area contributed by atoms with Crippen LogP contribution in [0.5, 0.6) is 0 Å². The molecule has 0 bridgehead atoms. The third-order valence-corrected chi connectivity index (χ3v) is 2.64. The fourth-order valence-electron chi connectivity index (χ4n) is 1.47. The molecule has 0 saturated heterocycles. The lowest BCUT2D eigenvalue weighted by atomic mass is 10.1. The average Bonchev–Trinajstić information content (AvgIpc) is 2.28. The first-order valence-corrected chi connectivity index (χ1v) is 6.15. The number of unbranched alkanes of at least 4 members (excludes halogenated alkanes) is 3. The van der Waals surface area contributed by atoms with Crippen molar-refractivity contribution >= 4 is 23.2 Å². The van der Waals surface area contributed by atoms with E-state index in [-0.39, 0.29) is 5.91 Å². The Morgan fingerprint density at radius 1 is 1.19 bits per heavy atom. The lowest BCUT2D eigenvalue weighted by Crippen LogP contribution is -2.10. The number of benzene rings is 1. The second kappa shape index (κ2) is 7.29. The molecule has 0 heterocycles. The van der Waals surface area contributed by atoms with Gasteiger partial charge in [0, 0.05) is 17.1 Å². The van der Waals surface area contributed by atoms with Crippen LogP contribution in [0.3, 0.4) is 0 Å². The molecule has 1 N–H and O–H groups in total. The quantitative estimate of drug-likeness (QED) is 0.739. The monoisotopic (exact) mass is 239 g/mol. The third kappa shape index (κ3) is 5.17. The summed E-state index contributed by atoms with van der Waals surface area (Å²) in [6.07, 6.45) is 5.09. The SMILES string of the molecule is CCCCCCC(=O)Nc1ccc(Cl)cc1. The first-order chi connectivity index (χ1) is 7.72. The van der Waals surface area contributed by atoms with E-state index in [1.54, 1.807) is 12.1 Å². The first-order valence-electron chi connectivity index (χ1n) is 5.78. The maximum Gasteiger partial charge on any atom is 0.224 e. The fourth-order valence-corrected chi connectivity index (χ4v) is 1.60. The first kappa shape index (κ1) is 13.0. The molecule has 1 amide bonds. The van der Waals surface area contributed by atoms with Crippen molar-refractivity contribution < 1.29 is 4.79 Å². The number of hydrogen-bond donors (Lipinski definition) is 1. The van der Waals surface area contributed by atoms with E-state index in [4.69, 9.17) is 11.6 Å². The van der Waals surface area contributed by atoms with Crippen LogP contribution in [-0.4, -0.2) is 5.91 Å². The second-order valence-electron chi connectivity index (χ2n) is 3.87. The minimum Gasteiger partial charge on any atom is -0.326 e. The molecule has 0 spiro atoms. The molecule has 0 atom stereocenters. The summed E-state index contributed by atoms with van der Waals surface area (Å²) in [5, 5.41) is 3.53. The van der Waals surface area contributed by atoms with E-state index in [2.05, 4.69) is 12.2 Å². The van der Waals surface area contributed by atoms with Gasteiger partial charge in [-0.3, -0.25) is 4.79 Å². The molecule has 1 aromatic rings. The molecule has 88 valence electrons. The van der Waals surface area contributed by atoms with Gasteiger partial charge in [-0.1, -0.05) is 37.8 Å². The van der Waals surface area contributed by atoms with Crippen molar-refractivity contribution in [3.05, 3.63) is 29.3 Å². The minimum absolute atomic E-state index is 0.0819. The summed E-state index contributed by atoms with van der Waals surface area (Å²) in [6.45, 7) is 2.16. The maximum absolute atomic E-state index is 11.5. The normalized spacial score (nSPS) is 10.1. The lowest BCUT2D eigenvalue weighted by Gasteiger charge is -2.04. The van der Waals surface area contributed by atoms with Gasteiger partial charge in [-0.25, -0.2) is 0 Å². The molecule has 0 saturated carbocycles. The van der Waals surface area contributed by atoms with Crippen molar-refractivity contribution in [3.8, 4) is 0 Å². The zero-order valence-corrected chi connectivity index (χ0v) is 10.4. The number of rotatable bonds is 6. The number of carbonyl (C=O) groups excluding carboxylic acids is 1. The van der Waals surface area contributed by atoms with Crippen molar-refractivity contribution in [1.82, 2.24) is 0 Å². The van der Waals surface area contributed by atoms with Crippen LogP contribution in [0.1, 0.15) is 39.0 Å². The Morgan fingerprint density at radius 3 is 2.50 bits per heavy atom. The van der Waals surface area contributed by atoms with E-state index >= 15 is 0 Å². The fraction of sp³-hybridized carbons (Fsp3) is 0.462. The Balaban J connectivity index is 2.26. The summed E-state index contributed by atoms with van der Waals surface area (Å²) in [6, 6.07) is 7.17. The topological polar surface area (TPSA) is 29.1 Å². The molecule has 0 aliphatic rings. The highest BCUT2D eigenvalue weighted by atomic mass is 35.5. The van der Waals surface area contributed by atoms with Crippen LogP contribution >= 0.6 is 11.6 Å². The zero-order chi connectivity index (χ0) is 11.8. The molecule has 0 aromatic heterocycles. The Bertz CT molecular complexity index is 321. The van der Waals surface area contributed by atoms with Crippen molar-refractivity contribution in [2.75, 3.05) is 5.32 Å². The summed E-state index contributed by atoms with van der Waals surface area (Å²) in [5.74, 6) is 0.0819. The number of carbonyl (C=O) groups is 1. The number of amides is 1. The van der Waals surface area contributed by atoms with Gasteiger partial charge in [-0.15, -0.1) is 0 Å². The molecule has 3 heteroatoms. The predicted octanol–water partition coefficient (Wildman–Crippen LogP) is 4.25. The van der Waals surface area contributed by atoms with Gasteiger partial charge in [0.15, 0.2) is 0 Å². The van der Waals surface area contributed by atoms with Crippen LogP contribution in [-0.2, 0) is 4.79 Å². The molecule has 0 aliphatic carbocycles. The molecular weight excluding hydrogens is 222 g/mol. The summed E-state index contributed by atoms with van der Waals surface area (Å²) in [4.78, 5) is 11.5. The van der Waals surface area contributed by atoms with Crippen LogP contribution in [0.15, 0.2) is 24.3 Å². The molecule has 0 unspecified atom stereocenters. The van der Waals surface area contributed by atoms with Gasteiger partial charge in [-0.05, 0) is 30.7 Å². The van der Waals surface area contributed by atoms with Gasteiger partial charge in [0.2, 0.25) is 5.91 Å². The average molecular weight is 240 g/mol. The second-order valence-corrected chi connectivity index (χ2v) is 4.30. The molecule has 16 heavy (non-hydrogen) atoms. The Kier molecular flexibility index (Phi) is 5.94. The maximum atomic E-state index is 11.5. The van der Waals surface area contributed by atoms with Gasteiger partial charge in [0.05, 0.1) is 0 Å².